The minimum Gasteiger partial charge on any atom is -0.324 e. The Labute approximate surface area is 119 Å². The lowest BCUT2D eigenvalue weighted by Crippen LogP contribution is -2.24. The molecule has 1 N–H and O–H groups in total. The van der Waals surface area contributed by atoms with Gasteiger partial charge in [-0.15, -0.1) is 23.2 Å². The quantitative estimate of drug-likeness (QED) is 0.615. The standard InChI is InChI=1S/C14H19Cl2NO/c1-10-6-5-7-11(2)13(10)17-14(18)12(16)8-3-4-9-15/h5-7,12H,3-4,8-9H2,1-2H3,(H,17,18)/t12-/m1/s1. The Bertz CT molecular complexity index is 387. The Morgan fingerprint density at radius 2 is 1.89 bits per heavy atom. The van der Waals surface area contributed by atoms with Crippen LogP contribution >= 0.6 is 23.2 Å². The number of benzene rings is 1. The molecule has 0 saturated carbocycles. The molecule has 0 aliphatic rings. The number of anilines is 1. The molecule has 0 saturated heterocycles. The molecule has 0 radical (unpaired) electrons. The van der Waals surface area contributed by atoms with E-state index in [1.807, 2.05) is 32.0 Å². The van der Waals surface area contributed by atoms with Crippen molar-refractivity contribution >= 4 is 34.8 Å². The number of aryl methyl sites for hydroxylation is 2. The van der Waals surface area contributed by atoms with Gasteiger partial charge in [0, 0.05) is 11.6 Å². The number of carbonyl (C=O) groups excluding carboxylic acids is 1. The van der Waals surface area contributed by atoms with Crippen LogP contribution in [0.2, 0.25) is 0 Å². The highest BCUT2D eigenvalue weighted by molar-refractivity contribution is 6.32. The zero-order valence-electron chi connectivity index (χ0n) is 10.8. The van der Waals surface area contributed by atoms with Crippen LogP contribution in [0.15, 0.2) is 18.2 Å². The second kappa shape index (κ2) is 7.65. The van der Waals surface area contributed by atoms with Crippen molar-refractivity contribution < 1.29 is 4.79 Å². The number of alkyl halides is 2. The van der Waals surface area contributed by atoms with E-state index >= 15 is 0 Å². The summed E-state index contributed by atoms with van der Waals surface area (Å²) in [5.41, 5.74) is 2.96. The van der Waals surface area contributed by atoms with Crippen molar-refractivity contribution in [3.05, 3.63) is 29.3 Å². The molecule has 1 amide bonds. The van der Waals surface area contributed by atoms with E-state index in [4.69, 9.17) is 23.2 Å². The van der Waals surface area contributed by atoms with Crippen LogP contribution in [0.3, 0.4) is 0 Å². The van der Waals surface area contributed by atoms with Gasteiger partial charge in [-0.1, -0.05) is 24.6 Å². The predicted molar refractivity (Wildman–Crippen MR) is 78.8 cm³/mol. The van der Waals surface area contributed by atoms with E-state index in [-0.39, 0.29) is 5.91 Å². The van der Waals surface area contributed by atoms with E-state index in [1.165, 1.54) is 0 Å². The number of halogens is 2. The van der Waals surface area contributed by atoms with Gasteiger partial charge in [-0.05, 0) is 37.8 Å². The fourth-order valence-corrected chi connectivity index (χ4v) is 2.16. The Kier molecular flexibility index (Phi) is 6.51. The molecule has 0 bridgehead atoms. The molecule has 1 aromatic carbocycles. The Morgan fingerprint density at radius 1 is 1.28 bits per heavy atom. The summed E-state index contributed by atoms with van der Waals surface area (Å²) in [5.74, 6) is 0.478. The molecular formula is C14H19Cl2NO. The highest BCUT2D eigenvalue weighted by Crippen LogP contribution is 2.21. The molecule has 0 unspecified atom stereocenters. The summed E-state index contributed by atoms with van der Waals surface area (Å²) in [4.78, 5) is 11.9. The van der Waals surface area contributed by atoms with Crippen LogP contribution in [0.1, 0.15) is 30.4 Å². The molecule has 2 nitrogen and oxygen atoms in total. The minimum atomic E-state index is -0.493. The topological polar surface area (TPSA) is 29.1 Å². The highest BCUT2D eigenvalue weighted by Gasteiger charge is 2.16. The Hall–Kier alpha value is -0.730. The second-order valence-electron chi connectivity index (χ2n) is 4.41. The summed E-state index contributed by atoms with van der Waals surface area (Å²) in [6.07, 6.45) is 2.42. The van der Waals surface area contributed by atoms with E-state index in [0.29, 0.717) is 12.3 Å². The Balaban J connectivity index is 2.58. The minimum absolute atomic E-state index is 0.136. The van der Waals surface area contributed by atoms with Gasteiger partial charge in [0.15, 0.2) is 0 Å². The van der Waals surface area contributed by atoms with E-state index in [9.17, 15) is 4.79 Å². The molecule has 0 fully saturated rings. The molecule has 0 aliphatic carbocycles. The van der Waals surface area contributed by atoms with Crippen LogP contribution in [-0.2, 0) is 4.79 Å². The molecular weight excluding hydrogens is 269 g/mol. The smallest absolute Gasteiger partial charge is 0.242 e. The van der Waals surface area contributed by atoms with E-state index in [1.54, 1.807) is 0 Å². The van der Waals surface area contributed by atoms with Crippen LogP contribution in [0.4, 0.5) is 5.69 Å². The molecule has 1 rings (SSSR count). The summed E-state index contributed by atoms with van der Waals surface area (Å²) in [5, 5.41) is 2.41. The fourth-order valence-electron chi connectivity index (χ4n) is 1.76. The van der Waals surface area contributed by atoms with Crippen molar-refractivity contribution in [3.63, 3.8) is 0 Å². The van der Waals surface area contributed by atoms with Gasteiger partial charge in [-0.3, -0.25) is 4.79 Å². The van der Waals surface area contributed by atoms with E-state index in [0.717, 1.165) is 29.7 Å². The molecule has 0 aromatic heterocycles. The lowest BCUT2D eigenvalue weighted by molar-refractivity contribution is -0.116. The number of para-hydroxylation sites is 1. The molecule has 4 heteroatoms. The van der Waals surface area contributed by atoms with E-state index < -0.39 is 5.38 Å². The van der Waals surface area contributed by atoms with Crippen LogP contribution in [-0.4, -0.2) is 17.2 Å². The second-order valence-corrected chi connectivity index (χ2v) is 5.31. The average Bonchev–Trinajstić information content (AvgIpc) is 2.34. The number of hydrogen-bond donors (Lipinski definition) is 1. The molecule has 0 aliphatic heterocycles. The molecule has 18 heavy (non-hydrogen) atoms. The van der Waals surface area contributed by atoms with Crippen molar-refractivity contribution in [3.8, 4) is 0 Å². The maximum Gasteiger partial charge on any atom is 0.242 e. The highest BCUT2D eigenvalue weighted by atomic mass is 35.5. The fraction of sp³-hybridized carbons (Fsp3) is 0.500. The average molecular weight is 288 g/mol. The van der Waals surface area contributed by atoms with Crippen LogP contribution in [0, 0.1) is 13.8 Å². The largest absolute Gasteiger partial charge is 0.324 e. The summed E-state index contributed by atoms with van der Waals surface area (Å²) in [6.45, 7) is 3.94. The zero-order chi connectivity index (χ0) is 13.5. The van der Waals surface area contributed by atoms with Gasteiger partial charge >= 0.3 is 0 Å². The van der Waals surface area contributed by atoms with Gasteiger partial charge in [0.25, 0.3) is 0 Å². The van der Waals surface area contributed by atoms with Gasteiger partial charge < -0.3 is 5.32 Å². The van der Waals surface area contributed by atoms with Gasteiger partial charge in [-0.2, -0.15) is 0 Å². The monoisotopic (exact) mass is 287 g/mol. The van der Waals surface area contributed by atoms with Crippen molar-refractivity contribution in [2.24, 2.45) is 0 Å². The van der Waals surface area contributed by atoms with Crippen molar-refractivity contribution in [2.45, 2.75) is 38.5 Å². The van der Waals surface area contributed by atoms with Crippen molar-refractivity contribution in [1.82, 2.24) is 0 Å². The molecule has 0 heterocycles. The summed E-state index contributed by atoms with van der Waals surface area (Å²) in [7, 11) is 0. The lowest BCUT2D eigenvalue weighted by Gasteiger charge is -2.14. The molecule has 0 spiro atoms. The Morgan fingerprint density at radius 3 is 2.44 bits per heavy atom. The van der Waals surface area contributed by atoms with Crippen LogP contribution in [0.5, 0.6) is 0 Å². The summed E-state index contributed by atoms with van der Waals surface area (Å²) < 4.78 is 0. The molecule has 1 atom stereocenters. The number of rotatable bonds is 6. The first-order chi connectivity index (χ1) is 8.56. The van der Waals surface area contributed by atoms with Gasteiger partial charge in [-0.25, -0.2) is 0 Å². The normalized spacial score (nSPS) is 12.2. The number of amides is 1. The molecule has 1 aromatic rings. The van der Waals surface area contributed by atoms with Crippen LogP contribution < -0.4 is 5.32 Å². The third-order valence-corrected chi connectivity index (χ3v) is 3.54. The first kappa shape index (κ1) is 15.3. The number of nitrogens with one attached hydrogen (secondary N) is 1. The van der Waals surface area contributed by atoms with Gasteiger partial charge in [0.2, 0.25) is 5.91 Å². The first-order valence-electron chi connectivity index (χ1n) is 6.13. The van der Waals surface area contributed by atoms with Gasteiger partial charge in [0.1, 0.15) is 5.38 Å². The number of hydrogen-bond acceptors (Lipinski definition) is 1. The summed E-state index contributed by atoms with van der Waals surface area (Å²) in [6, 6.07) is 5.91. The first-order valence-corrected chi connectivity index (χ1v) is 7.10. The van der Waals surface area contributed by atoms with E-state index in [2.05, 4.69) is 5.32 Å². The molecule has 100 valence electrons. The van der Waals surface area contributed by atoms with Crippen molar-refractivity contribution in [2.75, 3.05) is 11.2 Å². The maximum absolute atomic E-state index is 11.9. The zero-order valence-corrected chi connectivity index (χ0v) is 12.3. The third-order valence-electron chi connectivity index (χ3n) is 2.86. The summed E-state index contributed by atoms with van der Waals surface area (Å²) >= 11 is 11.7. The third kappa shape index (κ3) is 4.51. The number of carbonyl (C=O) groups is 1. The lowest BCUT2D eigenvalue weighted by atomic mass is 10.1. The SMILES string of the molecule is Cc1cccc(C)c1NC(=O)[C@H](Cl)CCCCCl. The van der Waals surface area contributed by atoms with Gasteiger partial charge in [0.05, 0.1) is 0 Å². The maximum atomic E-state index is 11.9. The number of unbranched alkanes of at least 4 members (excludes halogenated alkanes) is 1. The van der Waals surface area contributed by atoms with Crippen LogP contribution in [0.25, 0.3) is 0 Å². The predicted octanol–water partition coefficient (Wildman–Crippen LogP) is 4.26. The van der Waals surface area contributed by atoms with Crippen molar-refractivity contribution in [1.29, 1.82) is 0 Å².